The molecule has 0 bridgehead atoms. The number of fused-ring (bicyclic) bond motifs is 1. The predicted molar refractivity (Wildman–Crippen MR) is 139 cm³/mol. The zero-order valence-corrected chi connectivity index (χ0v) is 21.1. The number of ether oxygens (including phenoxy) is 1. The van der Waals surface area contributed by atoms with Gasteiger partial charge in [0.25, 0.3) is 5.91 Å². The number of likely N-dealkylation sites (N-methyl/N-ethyl adjacent to an activating group) is 1. The summed E-state index contributed by atoms with van der Waals surface area (Å²) in [6, 6.07) is 17.3. The van der Waals surface area contributed by atoms with E-state index in [1.807, 2.05) is 32.0 Å². The number of amides is 1. The van der Waals surface area contributed by atoms with E-state index in [1.54, 1.807) is 43.5 Å². The van der Waals surface area contributed by atoms with Gasteiger partial charge in [-0.1, -0.05) is 24.3 Å². The third-order valence-electron chi connectivity index (χ3n) is 6.67. The summed E-state index contributed by atoms with van der Waals surface area (Å²) >= 11 is 0. The summed E-state index contributed by atoms with van der Waals surface area (Å²) in [6.45, 7) is 4.50. The molecule has 1 heterocycles. The highest BCUT2D eigenvalue weighted by molar-refractivity contribution is 5.94. The molecule has 0 radical (unpaired) electrons. The Morgan fingerprint density at radius 3 is 2.47 bits per heavy atom. The molecule has 3 aromatic rings. The first-order valence-corrected chi connectivity index (χ1v) is 12.0. The van der Waals surface area contributed by atoms with Crippen molar-refractivity contribution in [1.82, 2.24) is 5.43 Å². The fourth-order valence-electron chi connectivity index (χ4n) is 4.85. The first kappa shape index (κ1) is 26.9. The minimum atomic E-state index is -4.77. The van der Waals surface area contributed by atoms with Crippen molar-refractivity contribution in [2.45, 2.75) is 31.9 Å². The van der Waals surface area contributed by atoms with Gasteiger partial charge in [-0.2, -0.15) is 18.3 Å². The Morgan fingerprint density at radius 1 is 1.11 bits per heavy atom. The topological polar surface area (TPSA) is 53.9 Å². The number of anilines is 1. The van der Waals surface area contributed by atoms with Gasteiger partial charge < -0.3 is 9.64 Å². The first-order chi connectivity index (χ1) is 18.1. The summed E-state index contributed by atoms with van der Waals surface area (Å²) in [5.41, 5.74) is 3.87. The molecule has 1 N–H and O–H groups in total. The van der Waals surface area contributed by atoms with Gasteiger partial charge in [0, 0.05) is 35.1 Å². The maximum Gasteiger partial charge on any atom is 0.419 e. The molecule has 1 unspecified atom stereocenters. The fraction of sp³-hybridized carbons (Fsp3) is 0.241. The van der Waals surface area contributed by atoms with E-state index >= 15 is 0 Å². The lowest BCUT2D eigenvalue weighted by Gasteiger charge is -2.30. The number of benzene rings is 3. The molecule has 198 valence electrons. The van der Waals surface area contributed by atoms with Crippen LogP contribution in [0.4, 0.5) is 23.2 Å². The molecule has 9 heteroatoms. The molecule has 0 saturated carbocycles. The first-order valence-electron chi connectivity index (χ1n) is 12.0. The molecule has 3 aromatic carbocycles. The van der Waals surface area contributed by atoms with Gasteiger partial charge >= 0.3 is 6.18 Å². The zero-order chi connectivity index (χ0) is 27.5. The van der Waals surface area contributed by atoms with E-state index in [4.69, 9.17) is 4.74 Å². The minimum Gasteiger partial charge on any atom is -0.497 e. The maximum atomic E-state index is 14.4. The molecule has 38 heavy (non-hydrogen) atoms. The van der Waals surface area contributed by atoms with Crippen molar-refractivity contribution in [1.29, 1.82) is 0 Å². The molecule has 0 spiro atoms. The van der Waals surface area contributed by atoms with Gasteiger partial charge in [-0.15, -0.1) is 0 Å². The smallest absolute Gasteiger partial charge is 0.419 e. The number of carbonyl (C=O) groups excluding carboxylic acids is 1. The fourth-order valence-corrected chi connectivity index (χ4v) is 4.85. The average Bonchev–Trinajstić information content (AvgIpc) is 3.12. The van der Waals surface area contributed by atoms with Crippen LogP contribution in [0.2, 0.25) is 0 Å². The third kappa shape index (κ3) is 5.27. The monoisotopic (exact) mass is 525 g/mol. The Labute approximate surface area is 218 Å². The number of nitrogens with one attached hydrogen (secondary N) is 1. The third-order valence-corrected chi connectivity index (χ3v) is 6.67. The van der Waals surface area contributed by atoms with Crippen molar-refractivity contribution in [2.24, 2.45) is 5.10 Å². The number of halogens is 4. The van der Waals surface area contributed by atoms with Crippen molar-refractivity contribution >= 4 is 17.8 Å². The van der Waals surface area contributed by atoms with Crippen molar-refractivity contribution in [3.63, 3.8) is 0 Å². The number of hydrogen-bond donors (Lipinski definition) is 1. The van der Waals surface area contributed by atoms with Crippen molar-refractivity contribution in [3.8, 4) is 5.75 Å². The Balaban J connectivity index is 1.71. The number of carbonyl (C=O) groups is 1. The number of alkyl halides is 3. The highest BCUT2D eigenvalue weighted by Gasteiger charge is 2.44. The van der Waals surface area contributed by atoms with Crippen LogP contribution in [0.5, 0.6) is 5.75 Å². The second kappa shape index (κ2) is 10.7. The average molecular weight is 526 g/mol. The van der Waals surface area contributed by atoms with E-state index in [9.17, 15) is 22.4 Å². The number of hydrogen-bond acceptors (Lipinski definition) is 4. The van der Waals surface area contributed by atoms with Gasteiger partial charge in [0.15, 0.2) is 0 Å². The minimum absolute atomic E-state index is 0.217. The molecule has 0 saturated heterocycles. The van der Waals surface area contributed by atoms with Crippen LogP contribution in [0, 0.1) is 5.82 Å². The molecule has 1 aliphatic rings. The molecule has 1 aliphatic heterocycles. The summed E-state index contributed by atoms with van der Waals surface area (Å²) in [5, 5.41) is 4.06. The molecular weight excluding hydrogens is 498 g/mol. The summed E-state index contributed by atoms with van der Waals surface area (Å²) in [4.78, 5) is 14.4. The molecule has 0 aliphatic carbocycles. The highest BCUT2D eigenvalue weighted by atomic mass is 19.4. The standard InChI is InChI=1S/C29H27F4N3O2/c1-4-36-25-13-11-21(38-3)17-23(25)28(2,18-19-10-12-22(24(30)16-19)29(31,32)33)26(36)14-15-34-35-27(37)20-8-6-5-7-9-20/h5-17H,4,18H2,1-3H3,(H,35,37)/b26-14-,34-15+. The Hall–Kier alpha value is -4.14. The van der Waals surface area contributed by atoms with Gasteiger partial charge in [0.05, 0.1) is 12.7 Å². The van der Waals surface area contributed by atoms with Crippen LogP contribution in [0.15, 0.2) is 83.6 Å². The molecule has 1 atom stereocenters. The molecule has 1 amide bonds. The summed E-state index contributed by atoms with van der Waals surface area (Å²) in [7, 11) is 1.55. The Morgan fingerprint density at radius 2 is 1.84 bits per heavy atom. The van der Waals surface area contributed by atoms with Crippen molar-refractivity contribution in [3.05, 3.63) is 107 Å². The summed E-state index contributed by atoms with van der Waals surface area (Å²) in [6.07, 6.45) is -1.34. The zero-order valence-electron chi connectivity index (χ0n) is 21.1. The van der Waals surface area contributed by atoms with Crippen LogP contribution >= 0.6 is 0 Å². The second-order valence-electron chi connectivity index (χ2n) is 9.09. The quantitative estimate of drug-likeness (QED) is 0.218. The van der Waals surface area contributed by atoms with E-state index in [-0.39, 0.29) is 12.3 Å². The second-order valence-corrected chi connectivity index (χ2v) is 9.09. The van der Waals surface area contributed by atoms with E-state index in [0.29, 0.717) is 23.4 Å². The lowest BCUT2D eigenvalue weighted by atomic mass is 9.76. The number of methoxy groups -OCH3 is 1. The van der Waals surface area contributed by atoms with Crippen LogP contribution < -0.4 is 15.1 Å². The molecule has 0 aromatic heterocycles. The summed E-state index contributed by atoms with van der Waals surface area (Å²) < 4.78 is 59.2. The van der Waals surface area contributed by atoms with E-state index < -0.39 is 23.0 Å². The number of allylic oxidation sites excluding steroid dienone is 2. The van der Waals surface area contributed by atoms with Crippen molar-refractivity contribution in [2.75, 3.05) is 18.6 Å². The Bertz CT molecular complexity index is 1390. The van der Waals surface area contributed by atoms with Crippen LogP contribution in [-0.2, 0) is 18.0 Å². The van der Waals surface area contributed by atoms with Crippen LogP contribution in [0.3, 0.4) is 0 Å². The van der Waals surface area contributed by atoms with Gasteiger partial charge in [-0.25, -0.2) is 9.82 Å². The van der Waals surface area contributed by atoms with Gasteiger partial charge in [0.2, 0.25) is 0 Å². The maximum absolute atomic E-state index is 14.4. The van der Waals surface area contributed by atoms with Gasteiger partial charge in [0.1, 0.15) is 11.6 Å². The molecular formula is C29H27F4N3O2. The van der Waals surface area contributed by atoms with Crippen molar-refractivity contribution < 1.29 is 27.1 Å². The molecule has 4 rings (SSSR count). The number of nitrogens with zero attached hydrogens (tertiary/aromatic N) is 2. The van der Waals surface area contributed by atoms with Gasteiger partial charge in [-0.3, -0.25) is 4.79 Å². The lowest BCUT2D eigenvalue weighted by molar-refractivity contribution is -0.140. The normalized spacial score (nSPS) is 18.2. The van der Waals surface area contributed by atoms with Crippen LogP contribution in [0.25, 0.3) is 0 Å². The predicted octanol–water partition coefficient (Wildman–Crippen LogP) is 6.49. The van der Waals surface area contributed by atoms with E-state index in [1.165, 1.54) is 12.3 Å². The lowest BCUT2D eigenvalue weighted by Crippen LogP contribution is -2.31. The summed E-state index contributed by atoms with van der Waals surface area (Å²) in [5.74, 6) is -1.06. The van der Waals surface area contributed by atoms with Crippen LogP contribution in [0.1, 0.15) is 40.9 Å². The van der Waals surface area contributed by atoms with Gasteiger partial charge in [-0.05, 0) is 79.9 Å². The Kier molecular flexibility index (Phi) is 7.57. The molecule has 5 nitrogen and oxygen atoms in total. The van der Waals surface area contributed by atoms with E-state index in [2.05, 4.69) is 15.4 Å². The van der Waals surface area contributed by atoms with Crippen LogP contribution in [-0.4, -0.2) is 25.8 Å². The molecule has 0 fully saturated rings. The number of hydrazone groups is 1. The number of rotatable bonds is 7. The highest BCUT2D eigenvalue weighted by Crippen LogP contribution is 2.50. The largest absolute Gasteiger partial charge is 0.497 e. The SMILES string of the molecule is CCN1/C(=C\C=N\NC(=O)c2ccccc2)C(C)(Cc2ccc(C(F)(F)F)c(F)c2)c2cc(OC)ccc21. The van der Waals surface area contributed by atoms with E-state index in [0.717, 1.165) is 29.1 Å².